The molecule has 0 heterocycles. The Balaban J connectivity index is 2.62. The summed E-state index contributed by atoms with van der Waals surface area (Å²) in [5.41, 5.74) is 1.14. The van der Waals surface area contributed by atoms with E-state index in [1.165, 1.54) is 0 Å². The molecule has 0 saturated heterocycles. The first kappa shape index (κ1) is 4.99. The summed E-state index contributed by atoms with van der Waals surface area (Å²) in [4.78, 5) is 0. The summed E-state index contributed by atoms with van der Waals surface area (Å²) in [6.07, 6.45) is 4.92. The normalized spacial score (nSPS) is 29.3. The van der Waals surface area contributed by atoms with E-state index in [0.717, 1.165) is 12.1 Å². The van der Waals surface area contributed by atoms with Gasteiger partial charge in [-0.05, 0) is 12.5 Å². The summed E-state index contributed by atoms with van der Waals surface area (Å²) >= 11 is 0. The van der Waals surface area contributed by atoms with Crippen LogP contribution in [0.1, 0.15) is 6.42 Å². The quantitative estimate of drug-likeness (QED) is 0.456. The Morgan fingerprint density at radius 1 is 1.86 bits per heavy atom. The molecule has 0 saturated carbocycles. The second kappa shape index (κ2) is 1.75. The van der Waals surface area contributed by atoms with Crippen LogP contribution in [0.2, 0.25) is 0 Å². The van der Waals surface area contributed by atoms with Gasteiger partial charge in [0.2, 0.25) is 0 Å². The monoisotopic (exact) mass is 113 g/mol. The fraction of sp³-hybridized carbons (Fsp3) is 0.400. The summed E-state index contributed by atoms with van der Waals surface area (Å²) in [5.74, 6) is 0. The first-order valence-electron chi connectivity index (χ1n) is 2.31. The van der Waals surface area contributed by atoms with Gasteiger partial charge in [0.25, 0.3) is 0 Å². The van der Waals surface area contributed by atoms with Crippen LogP contribution in [0.4, 0.5) is 0 Å². The molecule has 2 heteroatoms. The van der Waals surface area contributed by atoms with Gasteiger partial charge < -0.3 is 5.41 Å². The maximum atomic E-state index is 7.15. The molecule has 0 fully saturated rings. The van der Waals surface area contributed by atoms with Crippen molar-refractivity contribution in [3.05, 3.63) is 12.2 Å². The van der Waals surface area contributed by atoms with Gasteiger partial charge in [0, 0.05) is 11.4 Å². The molecule has 0 radical (unpaired) electrons. The summed E-state index contributed by atoms with van der Waals surface area (Å²) in [7, 11) is 2.62. The van der Waals surface area contributed by atoms with E-state index in [9.17, 15) is 0 Å². The lowest BCUT2D eigenvalue weighted by atomic mass is 10.3. The van der Waals surface area contributed by atoms with E-state index in [-0.39, 0.29) is 0 Å². The third-order valence-electron chi connectivity index (χ3n) is 1.09. The minimum Gasteiger partial charge on any atom is -0.305 e. The van der Waals surface area contributed by atoms with E-state index in [1.807, 2.05) is 12.2 Å². The van der Waals surface area contributed by atoms with Crippen LogP contribution in [0.25, 0.3) is 0 Å². The summed E-state index contributed by atoms with van der Waals surface area (Å²) in [5, 5.41) is 7.15. The number of hydrogen-bond acceptors (Lipinski definition) is 1. The molecule has 38 valence electrons. The van der Waals surface area contributed by atoms with Gasteiger partial charge in [-0.2, -0.15) is 0 Å². The highest BCUT2D eigenvalue weighted by atomic mass is 31.0. The van der Waals surface area contributed by atoms with Crippen LogP contribution in [0.5, 0.6) is 0 Å². The molecule has 0 amide bonds. The molecule has 0 aromatic rings. The third kappa shape index (κ3) is 0.889. The molecule has 0 aromatic heterocycles. The highest BCUT2D eigenvalue weighted by molar-refractivity contribution is 7.19. The molecule has 0 aromatic carbocycles. The fourth-order valence-electron chi connectivity index (χ4n) is 0.592. The van der Waals surface area contributed by atoms with Crippen LogP contribution < -0.4 is 0 Å². The van der Waals surface area contributed by atoms with Crippen molar-refractivity contribution in [3.63, 3.8) is 0 Å². The van der Waals surface area contributed by atoms with Crippen LogP contribution in [0.15, 0.2) is 12.2 Å². The third-order valence-corrected chi connectivity index (χ3v) is 1.72. The lowest BCUT2D eigenvalue weighted by Crippen LogP contribution is -2.01. The minimum atomic E-state index is 0.403. The molecule has 1 rings (SSSR count). The minimum absolute atomic E-state index is 0.403. The highest BCUT2D eigenvalue weighted by Crippen LogP contribution is 2.14. The predicted octanol–water partition coefficient (Wildman–Crippen LogP) is 1.21. The van der Waals surface area contributed by atoms with E-state index in [0.29, 0.717) is 5.66 Å². The van der Waals surface area contributed by atoms with E-state index in [2.05, 4.69) is 9.24 Å². The maximum absolute atomic E-state index is 7.15. The lowest BCUT2D eigenvalue weighted by Gasteiger charge is -1.95. The molecule has 2 atom stereocenters. The second-order valence-corrected chi connectivity index (χ2v) is 2.50. The predicted molar refractivity (Wildman–Crippen MR) is 35.0 cm³/mol. The van der Waals surface area contributed by atoms with Crippen molar-refractivity contribution in [3.8, 4) is 0 Å². The Hall–Kier alpha value is -0.160. The average molecular weight is 113 g/mol. The topological polar surface area (TPSA) is 23.9 Å². The number of hydrogen-bond donors (Lipinski definition) is 1. The molecule has 1 aliphatic rings. The van der Waals surface area contributed by atoms with E-state index >= 15 is 0 Å². The largest absolute Gasteiger partial charge is 0.305 e. The Kier molecular flexibility index (Phi) is 1.25. The Morgan fingerprint density at radius 2 is 2.57 bits per heavy atom. The van der Waals surface area contributed by atoms with Crippen molar-refractivity contribution >= 4 is 15.0 Å². The van der Waals surface area contributed by atoms with Gasteiger partial charge in [-0.25, -0.2) is 0 Å². The summed E-state index contributed by atoms with van der Waals surface area (Å²) < 4.78 is 0. The van der Waals surface area contributed by atoms with Gasteiger partial charge >= 0.3 is 0 Å². The van der Waals surface area contributed by atoms with Crippen molar-refractivity contribution < 1.29 is 0 Å². The fourth-order valence-corrected chi connectivity index (χ4v) is 0.860. The van der Waals surface area contributed by atoms with Crippen LogP contribution in [0.3, 0.4) is 0 Å². The van der Waals surface area contributed by atoms with Crippen molar-refractivity contribution in [2.24, 2.45) is 0 Å². The van der Waals surface area contributed by atoms with Crippen LogP contribution in [-0.4, -0.2) is 11.4 Å². The second-order valence-electron chi connectivity index (χ2n) is 1.70. The maximum Gasteiger partial charge on any atom is 0.0382 e. The number of nitrogens with one attached hydrogen (secondary N) is 1. The molecular weight excluding hydrogens is 105 g/mol. The molecule has 1 aliphatic carbocycles. The van der Waals surface area contributed by atoms with E-state index < -0.39 is 0 Å². The summed E-state index contributed by atoms with van der Waals surface area (Å²) in [6, 6.07) is 0. The Bertz CT molecular complexity index is 117. The standard InChI is InChI=1S/C5H8NP/c6-4-2-1-3-5(4)7/h1-2,5-6H,3,7H2. The Labute approximate surface area is 45.5 Å². The summed E-state index contributed by atoms with van der Waals surface area (Å²) in [6.45, 7) is 0. The molecule has 2 unspecified atom stereocenters. The van der Waals surface area contributed by atoms with Crippen LogP contribution in [0, 0.1) is 5.41 Å². The van der Waals surface area contributed by atoms with Crippen molar-refractivity contribution in [1.29, 1.82) is 5.41 Å². The molecule has 1 N–H and O–H groups in total. The van der Waals surface area contributed by atoms with Gasteiger partial charge in [-0.1, -0.05) is 6.08 Å². The molecule has 0 bridgehead atoms. The molecule has 7 heavy (non-hydrogen) atoms. The van der Waals surface area contributed by atoms with Crippen molar-refractivity contribution in [2.75, 3.05) is 0 Å². The van der Waals surface area contributed by atoms with Gasteiger partial charge in [-0.3, -0.25) is 0 Å². The van der Waals surface area contributed by atoms with Gasteiger partial charge in [0.05, 0.1) is 0 Å². The van der Waals surface area contributed by atoms with E-state index in [1.54, 1.807) is 0 Å². The van der Waals surface area contributed by atoms with Gasteiger partial charge in [0.15, 0.2) is 0 Å². The SMILES string of the molecule is N=C1C=CCC1P. The zero-order chi connectivity index (χ0) is 5.28. The average Bonchev–Trinajstić information content (AvgIpc) is 1.91. The van der Waals surface area contributed by atoms with Crippen molar-refractivity contribution in [2.45, 2.75) is 12.1 Å². The first-order chi connectivity index (χ1) is 3.30. The molecule has 1 nitrogen and oxygen atoms in total. The smallest absolute Gasteiger partial charge is 0.0382 e. The van der Waals surface area contributed by atoms with Crippen LogP contribution >= 0.6 is 9.24 Å². The zero-order valence-corrected chi connectivity index (χ0v) is 5.17. The highest BCUT2D eigenvalue weighted by Gasteiger charge is 2.08. The zero-order valence-electron chi connectivity index (χ0n) is 4.02. The first-order valence-corrected chi connectivity index (χ1v) is 2.98. The lowest BCUT2D eigenvalue weighted by molar-refractivity contribution is 1.15. The number of rotatable bonds is 0. The van der Waals surface area contributed by atoms with Crippen LogP contribution in [-0.2, 0) is 0 Å². The van der Waals surface area contributed by atoms with Gasteiger partial charge in [-0.15, -0.1) is 9.24 Å². The van der Waals surface area contributed by atoms with E-state index in [4.69, 9.17) is 5.41 Å². The molecule has 0 aliphatic heterocycles. The molecular formula is C5H8NP. The van der Waals surface area contributed by atoms with Crippen molar-refractivity contribution in [1.82, 2.24) is 0 Å². The van der Waals surface area contributed by atoms with Gasteiger partial charge in [0.1, 0.15) is 0 Å². The Morgan fingerprint density at radius 3 is 2.71 bits per heavy atom. The number of allylic oxidation sites excluding steroid dienone is 2. The molecule has 0 spiro atoms.